The number of ether oxygens (including phenoxy) is 2. The van der Waals surface area contributed by atoms with E-state index in [4.69, 9.17) is 20.3 Å². The molecule has 0 spiro atoms. The van der Waals surface area contributed by atoms with Crippen LogP contribution in [0.1, 0.15) is 13.8 Å². The van der Waals surface area contributed by atoms with Gasteiger partial charge in [-0.3, -0.25) is 0 Å². The van der Waals surface area contributed by atoms with Crippen LogP contribution in [0.2, 0.25) is 0 Å². The molecule has 0 aliphatic rings. The smallest absolute Gasteiger partial charge is 0.323 e. The normalized spacial score (nSPS) is 12.5. The molecule has 0 amide bonds. The van der Waals surface area contributed by atoms with Gasteiger partial charge < -0.3 is 25.6 Å². The van der Waals surface area contributed by atoms with E-state index >= 15 is 0 Å². The second-order valence-electron chi connectivity index (χ2n) is 3.95. The van der Waals surface area contributed by atoms with Crippen molar-refractivity contribution >= 4 is 11.9 Å². The summed E-state index contributed by atoms with van der Waals surface area (Å²) in [5, 5.41) is 12.0. The summed E-state index contributed by atoms with van der Waals surface area (Å²) in [6, 6.07) is -0.169. The first-order valence-corrected chi connectivity index (χ1v) is 5.59. The minimum absolute atomic E-state index is 0.0530. The molecule has 0 bridgehead atoms. The fourth-order valence-corrected chi connectivity index (χ4v) is 1.22. The quantitative estimate of drug-likeness (QED) is 0.607. The highest BCUT2D eigenvalue weighted by Gasteiger charge is 2.12. The van der Waals surface area contributed by atoms with E-state index in [1.807, 2.05) is 13.8 Å². The van der Waals surface area contributed by atoms with Crippen LogP contribution in [0.5, 0.6) is 6.01 Å². The van der Waals surface area contributed by atoms with Gasteiger partial charge in [0.1, 0.15) is 0 Å². The van der Waals surface area contributed by atoms with Crippen LogP contribution in [0, 0.1) is 0 Å². The first-order valence-electron chi connectivity index (χ1n) is 5.59. The molecule has 4 N–H and O–H groups in total. The van der Waals surface area contributed by atoms with Gasteiger partial charge in [0, 0.05) is 7.11 Å². The van der Waals surface area contributed by atoms with Crippen molar-refractivity contribution in [3.8, 4) is 6.01 Å². The Bertz CT molecular complexity index is 375. The Morgan fingerprint density at radius 2 is 2.06 bits per heavy atom. The van der Waals surface area contributed by atoms with Gasteiger partial charge >= 0.3 is 6.01 Å². The maximum Gasteiger partial charge on any atom is 0.323 e. The molecule has 0 aliphatic carbocycles. The molecule has 102 valence electrons. The van der Waals surface area contributed by atoms with E-state index in [1.54, 1.807) is 7.11 Å². The minimum atomic E-state index is -0.316. The number of rotatable bonds is 7. The molecule has 8 heteroatoms. The number of hydrogen-bond acceptors (Lipinski definition) is 8. The van der Waals surface area contributed by atoms with Crippen molar-refractivity contribution in [2.75, 3.05) is 31.4 Å². The minimum Gasteiger partial charge on any atom is -0.461 e. The van der Waals surface area contributed by atoms with Crippen LogP contribution in [-0.2, 0) is 4.74 Å². The van der Waals surface area contributed by atoms with E-state index in [2.05, 4.69) is 20.3 Å². The molecule has 0 radical (unpaired) electrons. The van der Waals surface area contributed by atoms with Crippen LogP contribution in [-0.4, -0.2) is 52.5 Å². The summed E-state index contributed by atoms with van der Waals surface area (Å²) in [6.07, 6.45) is -0.0627. The highest BCUT2D eigenvalue weighted by atomic mass is 16.5. The highest BCUT2D eigenvalue weighted by Crippen LogP contribution is 2.11. The van der Waals surface area contributed by atoms with Gasteiger partial charge in [-0.15, -0.1) is 0 Å². The van der Waals surface area contributed by atoms with E-state index in [0.717, 1.165) is 0 Å². The molecule has 1 rings (SSSR count). The fourth-order valence-electron chi connectivity index (χ4n) is 1.22. The van der Waals surface area contributed by atoms with Gasteiger partial charge in [0.2, 0.25) is 11.9 Å². The van der Waals surface area contributed by atoms with Gasteiger partial charge in [0.15, 0.2) is 0 Å². The molecule has 8 nitrogen and oxygen atoms in total. The summed E-state index contributed by atoms with van der Waals surface area (Å²) < 4.78 is 10.3. The van der Waals surface area contributed by atoms with Crippen molar-refractivity contribution < 1.29 is 14.6 Å². The lowest BCUT2D eigenvalue weighted by molar-refractivity contribution is 0.152. The summed E-state index contributed by atoms with van der Waals surface area (Å²) >= 11 is 0. The highest BCUT2D eigenvalue weighted by molar-refractivity contribution is 5.33. The lowest BCUT2D eigenvalue weighted by Crippen LogP contribution is -2.30. The van der Waals surface area contributed by atoms with Crippen molar-refractivity contribution in [3.05, 3.63) is 0 Å². The van der Waals surface area contributed by atoms with Crippen LogP contribution < -0.4 is 15.8 Å². The number of nitrogen functional groups attached to an aromatic ring is 1. The molecule has 0 saturated carbocycles. The van der Waals surface area contributed by atoms with Gasteiger partial charge in [-0.25, -0.2) is 0 Å². The maximum atomic E-state index is 9.13. The largest absolute Gasteiger partial charge is 0.461 e. The number of nitrogens with zero attached hydrogens (tertiary/aromatic N) is 3. The number of nitrogens with two attached hydrogens (primary N) is 1. The van der Waals surface area contributed by atoms with Gasteiger partial charge in [-0.05, 0) is 13.8 Å². The number of aliphatic hydroxyl groups excluding tert-OH is 1. The Kier molecular flexibility index (Phi) is 5.53. The van der Waals surface area contributed by atoms with E-state index in [-0.39, 0.29) is 36.7 Å². The van der Waals surface area contributed by atoms with Crippen LogP contribution in [0.3, 0.4) is 0 Å². The van der Waals surface area contributed by atoms with Crippen molar-refractivity contribution in [1.29, 1.82) is 0 Å². The summed E-state index contributed by atoms with van der Waals surface area (Å²) in [7, 11) is 1.54. The predicted molar refractivity (Wildman–Crippen MR) is 66.4 cm³/mol. The fraction of sp³-hybridized carbons (Fsp3) is 0.700. The molecule has 0 fully saturated rings. The number of anilines is 2. The van der Waals surface area contributed by atoms with Crippen molar-refractivity contribution in [2.45, 2.75) is 26.0 Å². The lowest BCUT2D eigenvalue weighted by Gasteiger charge is -2.15. The molecule has 1 aromatic rings. The second kappa shape index (κ2) is 6.92. The Labute approximate surface area is 106 Å². The van der Waals surface area contributed by atoms with Crippen molar-refractivity contribution in [2.24, 2.45) is 0 Å². The molecule has 0 aliphatic heterocycles. The van der Waals surface area contributed by atoms with E-state index in [0.29, 0.717) is 6.61 Å². The molecule has 0 aromatic carbocycles. The lowest BCUT2D eigenvalue weighted by atomic mass is 10.3. The van der Waals surface area contributed by atoms with Crippen LogP contribution in [0.4, 0.5) is 11.9 Å². The molecule has 1 heterocycles. The zero-order valence-corrected chi connectivity index (χ0v) is 10.8. The first kappa shape index (κ1) is 14.4. The van der Waals surface area contributed by atoms with Gasteiger partial charge in [-0.1, -0.05) is 0 Å². The Hall–Kier alpha value is -1.67. The monoisotopic (exact) mass is 257 g/mol. The Morgan fingerprint density at radius 3 is 2.61 bits per heavy atom. The number of hydrogen-bond donors (Lipinski definition) is 3. The molecule has 0 saturated heterocycles. The zero-order chi connectivity index (χ0) is 13.5. The SMILES string of the molecule is COCC(CO)Nc1nc(N)nc(OC(C)C)n1. The number of methoxy groups -OCH3 is 1. The number of aliphatic hydroxyl groups is 1. The van der Waals surface area contributed by atoms with Crippen LogP contribution >= 0.6 is 0 Å². The summed E-state index contributed by atoms with van der Waals surface area (Å²) in [6.45, 7) is 3.92. The zero-order valence-electron chi connectivity index (χ0n) is 10.8. The number of aromatic nitrogens is 3. The third-order valence-corrected chi connectivity index (χ3v) is 1.89. The van der Waals surface area contributed by atoms with Gasteiger partial charge in [0.05, 0.1) is 25.4 Å². The molecule has 1 aromatic heterocycles. The van der Waals surface area contributed by atoms with E-state index < -0.39 is 0 Å². The maximum absolute atomic E-state index is 9.13. The van der Waals surface area contributed by atoms with E-state index in [1.165, 1.54) is 0 Å². The molecule has 18 heavy (non-hydrogen) atoms. The summed E-state index contributed by atoms with van der Waals surface area (Å²) in [5.41, 5.74) is 5.55. The van der Waals surface area contributed by atoms with Crippen LogP contribution in [0.25, 0.3) is 0 Å². The van der Waals surface area contributed by atoms with E-state index in [9.17, 15) is 0 Å². The second-order valence-corrected chi connectivity index (χ2v) is 3.95. The average molecular weight is 257 g/mol. The molecule has 1 unspecified atom stereocenters. The average Bonchev–Trinajstić information content (AvgIpc) is 2.26. The molecular formula is C10H19N5O3. The standard InChI is InChI=1S/C10H19N5O3/c1-6(2)18-10-14-8(11)13-9(15-10)12-7(4-16)5-17-3/h6-7,16H,4-5H2,1-3H3,(H3,11,12,13,14,15). The third kappa shape index (κ3) is 4.68. The molecular weight excluding hydrogens is 238 g/mol. The van der Waals surface area contributed by atoms with Crippen molar-refractivity contribution in [3.63, 3.8) is 0 Å². The van der Waals surface area contributed by atoms with Gasteiger partial charge in [0.25, 0.3) is 0 Å². The van der Waals surface area contributed by atoms with Crippen LogP contribution in [0.15, 0.2) is 0 Å². The Morgan fingerprint density at radius 1 is 1.33 bits per heavy atom. The number of nitrogens with one attached hydrogen (secondary N) is 1. The molecule has 1 atom stereocenters. The first-order chi connectivity index (χ1) is 8.55. The van der Waals surface area contributed by atoms with Crippen molar-refractivity contribution in [1.82, 2.24) is 15.0 Å². The predicted octanol–water partition coefficient (Wildman–Crippen LogP) is -0.340. The Balaban J connectivity index is 2.78. The third-order valence-electron chi connectivity index (χ3n) is 1.89. The topological polar surface area (TPSA) is 115 Å². The summed E-state index contributed by atoms with van der Waals surface area (Å²) in [5.74, 6) is 0.298. The van der Waals surface area contributed by atoms with Gasteiger partial charge in [-0.2, -0.15) is 15.0 Å². The summed E-state index contributed by atoms with van der Waals surface area (Å²) in [4.78, 5) is 11.8.